The molecule has 0 unspecified atom stereocenters. The van der Waals surface area contributed by atoms with E-state index < -0.39 is 0 Å². The number of carbonyl (C=O) groups excluding carboxylic acids is 2. The fourth-order valence-electron chi connectivity index (χ4n) is 3.27. The molecule has 7 heteroatoms. The number of benzene rings is 1. The summed E-state index contributed by atoms with van der Waals surface area (Å²) in [6, 6.07) is 6.40. The Labute approximate surface area is 145 Å². The van der Waals surface area contributed by atoms with Crippen LogP contribution in [-0.4, -0.2) is 39.6 Å². The summed E-state index contributed by atoms with van der Waals surface area (Å²) in [5.74, 6) is -1.07. The number of likely N-dealkylation sites (tertiary alicyclic amines) is 1. The fraction of sp³-hybridized carbons (Fsp3) is 0.389. The summed E-state index contributed by atoms with van der Waals surface area (Å²) in [7, 11) is 0. The molecule has 132 valence electrons. The number of hydrogen-bond donors (Lipinski definition) is 1. The first kappa shape index (κ1) is 17.1. The molecule has 1 aromatic carbocycles. The second kappa shape index (κ2) is 6.66. The molecule has 3 rings (SSSR count). The Morgan fingerprint density at radius 2 is 2.04 bits per heavy atom. The van der Waals surface area contributed by atoms with Gasteiger partial charge in [-0.05, 0) is 32.4 Å². The molecule has 1 saturated heterocycles. The van der Waals surface area contributed by atoms with Gasteiger partial charge in [-0.15, -0.1) is 0 Å². The number of nitrogens with two attached hydrogens (primary N) is 1. The highest BCUT2D eigenvalue weighted by Gasteiger charge is 2.30. The lowest BCUT2D eigenvalue weighted by Gasteiger charge is -2.16. The van der Waals surface area contributed by atoms with Gasteiger partial charge in [0.2, 0.25) is 11.8 Å². The average molecular weight is 344 g/mol. The molecule has 2 heterocycles. The number of amides is 2. The van der Waals surface area contributed by atoms with Gasteiger partial charge in [-0.25, -0.2) is 9.07 Å². The lowest BCUT2D eigenvalue weighted by molar-refractivity contribution is -0.129. The molecule has 1 aliphatic heterocycles. The van der Waals surface area contributed by atoms with Crippen LogP contribution in [0.4, 0.5) is 4.39 Å². The Morgan fingerprint density at radius 1 is 1.32 bits per heavy atom. The molecule has 25 heavy (non-hydrogen) atoms. The van der Waals surface area contributed by atoms with Gasteiger partial charge in [0.15, 0.2) is 0 Å². The minimum atomic E-state index is -0.366. The van der Waals surface area contributed by atoms with E-state index in [0.717, 1.165) is 11.3 Å². The molecule has 1 aromatic heterocycles. The van der Waals surface area contributed by atoms with Crippen molar-refractivity contribution in [1.82, 2.24) is 14.7 Å². The van der Waals surface area contributed by atoms with Gasteiger partial charge in [-0.2, -0.15) is 5.10 Å². The quantitative estimate of drug-likeness (QED) is 0.913. The predicted octanol–water partition coefficient (Wildman–Crippen LogP) is 1.50. The SMILES string of the molecule is Cc1nn(-c2ccccc2F)c(C)c1CC(=O)N1CC[C@@H](C(N)=O)C1. The third kappa shape index (κ3) is 3.26. The fourth-order valence-corrected chi connectivity index (χ4v) is 3.27. The Bertz CT molecular complexity index is 830. The highest BCUT2D eigenvalue weighted by molar-refractivity contribution is 5.82. The van der Waals surface area contributed by atoms with Crippen LogP contribution >= 0.6 is 0 Å². The normalized spacial score (nSPS) is 17.1. The topological polar surface area (TPSA) is 81.2 Å². The first-order valence-corrected chi connectivity index (χ1v) is 8.25. The molecule has 2 aromatic rings. The first-order chi connectivity index (χ1) is 11.9. The van der Waals surface area contributed by atoms with E-state index in [-0.39, 0.29) is 30.0 Å². The highest BCUT2D eigenvalue weighted by atomic mass is 19.1. The number of primary amides is 1. The summed E-state index contributed by atoms with van der Waals surface area (Å²) in [6.45, 7) is 4.54. The van der Waals surface area contributed by atoms with Gasteiger partial charge >= 0.3 is 0 Å². The van der Waals surface area contributed by atoms with Crippen molar-refractivity contribution < 1.29 is 14.0 Å². The van der Waals surface area contributed by atoms with Gasteiger partial charge in [0.05, 0.1) is 18.0 Å². The monoisotopic (exact) mass is 344 g/mol. The van der Waals surface area contributed by atoms with Crippen LogP contribution in [-0.2, 0) is 16.0 Å². The third-order valence-electron chi connectivity index (χ3n) is 4.79. The molecule has 0 radical (unpaired) electrons. The minimum absolute atomic E-state index is 0.0666. The van der Waals surface area contributed by atoms with E-state index >= 15 is 0 Å². The zero-order valence-corrected chi connectivity index (χ0v) is 14.3. The summed E-state index contributed by atoms with van der Waals surface area (Å²) in [4.78, 5) is 25.5. The van der Waals surface area contributed by atoms with Crippen LogP contribution in [0, 0.1) is 25.6 Å². The molecular formula is C18H21FN4O2. The smallest absolute Gasteiger partial charge is 0.227 e. The Kier molecular flexibility index (Phi) is 4.57. The highest BCUT2D eigenvalue weighted by Crippen LogP contribution is 2.22. The maximum Gasteiger partial charge on any atom is 0.227 e. The Balaban J connectivity index is 1.81. The number of aromatic nitrogens is 2. The Hall–Kier alpha value is -2.70. The number of halogens is 1. The van der Waals surface area contributed by atoms with Gasteiger partial charge in [0, 0.05) is 24.3 Å². The molecule has 0 bridgehead atoms. The lowest BCUT2D eigenvalue weighted by Crippen LogP contribution is -2.32. The molecule has 2 amide bonds. The third-order valence-corrected chi connectivity index (χ3v) is 4.79. The van der Waals surface area contributed by atoms with E-state index in [0.29, 0.717) is 30.9 Å². The van der Waals surface area contributed by atoms with Gasteiger partial charge in [0.25, 0.3) is 0 Å². The van der Waals surface area contributed by atoms with Crippen molar-refractivity contribution >= 4 is 11.8 Å². The molecule has 0 aliphatic carbocycles. The van der Waals surface area contributed by atoms with Crippen molar-refractivity contribution in [2.75, 3.05) is 13.1 Å². The maximum absolute atomic E-state index is 14.0. The second-order valence-corrected chi connectivity index (χ2v) is 6.42. The molecule has 1 aliphatic rings. The van der Waals surface area contributed by atoms with E-state index in [1.54, 1.807) is 23.1 Å². The summed E-state index contributed by atoms with van der Waals surface area (Å²) in [6.07, 6.45) is 0.783. The molecule has 1 atom stereocenters. The van der Waals surface area contributed by atoms with Crippen molar-refractivity contribution in [2.45, 2.75) is 26.7 Å². The van der Waals surface area contributed by atoms with Gasteiger partial charge in [-0.1, -0.05) is 12.1 Å². The van der Waals surface area contributed by atoms with Gasteiger partial charge < -0.3 is 10.6 Å². The van der Waals surface area contributed by atoms with E-state index in [4.69, 9.17) is 5.73 Å². The van der Waals surface area contributed by atoms with Crippen molar-refractivity contribution in [2.24, 2.45) is 11.7 Å². The van der Waals surface area contributed by atoms with E-state index in [1.165, 1.54) is 10.7 Å². The van der Waals surface area contributed by atoms with Crippen LogP contribution in [0.3, 0.4) is 0 Å². The van der Waals surface area contributed by atoms with E-state index in [1.807, 2.05) is 13.8 Å². The minimum Gasteiger partial charge on any atom is -0.369 e. The average Bonchev–Trinajstić information content (AvgIpc) is 3.16. The molecule has 2 N–H and O–H groups in total. The van der Waals surface area contributed by atoms with Crippen LogP contribution in [0.15, 0.2) is 24.3 Å². The van der Waals surface area contributed by atoms with Crippen molar-refractivity contribution in [3.63, 3.8) is 0 Å². The molecule has 0 saturated carbocycles. The van der Waals surface area contributed by atoms with Crippen molar-refractivity contribution in [1.29, 1.82) is 0 Å². The van der Waals surface area contributed by atoms with Crippen LogP contribution in [0.5, 0.6) is 0 Å². The largest absolute Gasteiger partial charge is 0.369 e. The summed E-state index contributed by atoms with van der Waals surface area (Å²) in [5.41, 5.74) is 7.89. The number of carbonyl (C=O) groups is 2. The molecule has 0 spiro atoms. The second-order valence-electron chi connectivity index (χ2n) is 6.42. The predicted molar refractivity (Wildman–Crippen MR) is 90.6 cm³/mol. The van der Waals surface area contributed by atoms with Crippen molar-refractivity contribution in [3.8, 4) is 5.69 Å². The number of para-hydroxylation sites is 1. The Morgan fingerprint density at radius 3 is 2.68 bits per heavy atom. The van der Waals surface area contributed by atoms with E-state index in [2.05, 4.69) is 5.10 Å². The zero-order valence-electron chi connectivity index (χ0n) is 14.3. The van der Waals surface area contributed by atoms with E-state index in [9.17, 15) is 14.0 Å². The van der Waals surface area contributed by atoms with Crippen molar-refractivity contribution in [3.05, 3.63) is 47.0 Å². The maximum atomic E-state index is 14.0. The van der Waals surface area contributed by atoms with Crippen LogP contribution in [0.2, 0.25) is 0 Å². The molecule has 6 nitrogen and oxygen atoms in total. The standard InChI is InChI=1S/C18H21FN4O2/c1-11-14(9-17(24)22-8-7-13(10-22)18(20)25)12(2)23(21-11)16-6-4-3-5-15(16)19/h3-6,13H,7-10H2,1-2H3,(H2,20,25)/t13-/m1/s1. The lowest BCUT2D eigenvalue weighted by atomic mass is 10.1. The van der Waals surface area contributed by atoms with Crippen LogP contribution < -0.4 is 5.73 Å². The number of aryl methyl sites for hydroxylation is 1. The number of nitrogens with zero attached hydrogens (tertiary/aromatic N) is 3. The van der Waals surface area contributed by atoms with Gasteiger partial charge in [0.1, 0.15) is 11.5 Å². The summed E-state index contributed by atoms with van der Waals surface area (Å²) in [5, 5.41) is 4.40. The summed E-state index contributed by atoms with van der Waals surface area (Å²) < 4.78 is 15.6. The van der Waals surface area contributed by atoms with Crippen LogP contribution in [0.1, 0.15) is 23.4 Å². The first-order valence-electron chi connectivity index (χ1n) is 8.25. The number of hydrogen-bond acceptors (Lipinski definition) is 3. The summed E-state index contributed by atoms with van der Waals surface area (Å²) >= 11 is 0. The number of rotatable bonds is 4. The molecule has 1 fully saturated rings. The van der Waals surface area contributed by atoms with Gasteiger partial charge in [-0.3, -0.25) is 9.59 Å². The molecular weight excluding hydrogens is 323 g/mol. The zero-order chi connectivity index (χ0) is 18.1. The van der Waals surface area contributed by atoms with Crippen LogP contribution in [0.25, 0.3) is 5.69 Å².